The minimum absolute atomic E-state index is 0.426. The molecule has 4 rings (SSSR count). The summed E-state index contributed by atoms with van der Waals surface area (Å²) in [6, 6.07) is 13.4. The quantitative estimate of drug-likeness (QED) is 0.788. The van der Waals surface area contributed by atoms with Gasteiger partial charge in [0.2, 0.25) is 0 Å². The molecule has 0 fully saturated rings. The monoisotopic (exact) mass is 291 g/mol. The van der Waals surface area contributed by atoms with Crippen molar-refractivity contribution in [1.29, 1.82) is 0 Å². The summed E-state index contributed by atoms with van der Waals surface area (Å²) in [6.45, 7) is 0.943. The number of hydrogen-bond donors (Lipinski definition) is 1. The van der Waals surface area contributed by atoms with Crippen LogP contribution in [0.1, 0.15) is 35.7 Å². The van der Waals surface area contributed by atoms with Crippen molar-refractivity contribution in [2.24, 2.45) is 0 Å². The van der Waals surface area contributed by atoms with Crippen LogP contribution in [0.25, 0.3) is 10.9 Å². The Morgan fingerprint density at radius 3 is 3.14 bits per heavy atom. The first kappa shape index (κ1) is 13.5. The highest BCUT2D eigenvalue weighted by atomic mass is 15.1. The van der Waals surface area contributed by atoms with E-state index in [0.717, 1.165) is 6.54 Å². The molecule has 2 heterocycles. The van der Waals surface area contributed by atoms with Gasteiger partial charge in [-0.3, -0.25) is 9.88 Å². The molecule has 0 spiro atoms. The van der Waals surface area contributed by atoms with Crippen molar-refractivity contribution in [3.63, 3.8) is 0 Å². The van der Waals surface area contributed by atoms with Gasteiger partial charge in [-0.2, -0.15) is 0 Å². The first-order chi connectivity index (χ1) is 10.8. The highest BCUT2D eigenvalue weighted by Crippen LogP contribution is 2.33. The maximum absolute atomic E-state index is 4.67. The smallest absolute Gasteiger partial charge is 0.0607 e. The molecule has 1 atom stereocenters. The van der Waals surface area contributed by atoms with E-state index in [1.54, 1.807) is 0 Å². The molecule has 1 N–H and O–H groups in total. The molecule has 112 valence electrons. The van der Waals surface area contributed by atoms with Crippen molar-refractivity contribution in [3.8, 4) is 0 Å². The maximum Gasteiger partial charge on any atom is 0.0607 e. The van der Waals surface area contributed by atoms with Crippen molar-refractivity contribution in [2.75, 3.05) is 7.05 Å². The van der Waals surface area contributed by atoms with E-state index < -0.39 is 0 Å². The zero-order chi connectivity index (χ0) is 14.9. The number of fused-ring (bicyclic) bond motifs is 2. The van der Waals surface area contributed by atoms with Crippen molar-refractivity contribution >= 4 is 10.9 Å². The van der Waals surface area contributed by atoms with Crippen LogP contribution in [0.2, 0.25) is 0 Å². The van der Waals surface area contributed by atoms with Gasteiger partial charge in [0.1, 0.15) is 0 Å². The van der Waals surface area contributed by atoms with Gasteiger partial charge in [0, 0.05) is 24.5 Å². The van der Waals surface area contributed by atoms with Gasteiger partial charge in [0.15, 0.2) is 0 Å². The Balaban J connectivity index is 1.63. The Morgan fingerprint density at radius 2 is 2.18 bits per heavy atom. The van der Waals surface area contributed by atoms with Crippen LogP contribution in [0, 0.1) is 0 Å². The van der Waals surface area contributed by atoms with Crippen molar-refractivity contribution < 1.29 is 0 Å². The third kappa shape index (κ3) is 2.32. The molecule has 1 aromatic carbocycles. The lowest BCUT2D eigenvalue weighted by Gasteiger charge is -2.32. The van der Waals surface area contributed by atoms with Crippen molar-refractivity contribution in [1.82, 2.24) is 14.9 Å². The van der Waals surface area contributed by atoms with Crippen LogP contribution in [0.5, 0.6) is 0 Å². The number of rotatable bonds is 3. The molecule has 22 heavy (non-hydrogen) atoms. The fraction of sp³-hybridized carbons (Fsp3) is 0.316. The van der Waals surface area contributed by atoms with Gasteiger partial charge in [-0.15, -0.1) is 0 Å². The minimum Gasteiger partial charge on any atom is -0.361 e. The Morgan fingerprint density at radius 1 is 1.23 bits per heavy atom. The first-order valence-corrected chi connectivity index (χ1v) is 8.02. The number of hydrogen-bond acceptors (Lipinski definition) is 2. The van der Waals surface area contributed by atoms with E-state index in [9.17, 15) is 0 Å². The van der Waals surface area contributed by atoms with Crippen LogP contribution in [0.3, 0.4) is 0 Å². The average Bonchev–Trinajstić information content (AvgIpc) is 3.04. The van der Waals surface area contributed by atoms with E-state index in [2.05, 4.69) is 58.3 Å². The van der Waals surface area contributed by atoms with Crippen molar-refractivity contribution in [2.45, 2.75) is 31.8 Å². The lowest BCUT2D eigenvalue weighted by Crippen LogP contribution is -2.28. The maximum atomic E-state index is 4.67. The molecule has 3 aromatic rings. The third-order valence-corrected chi connectivity index (χ3v) is 4.79. The van der Waals surface area contributed by atoms with E-state index in [1.165, 1.54) is 47.0 Å². The molecule has 1 aliphatic carbocycles. The summed E-state index contributed by atoms with van der Waals surface area (Å²) in [5.41, 5.74) is 5.30. The largest absolute Gasteiger partial charge is 0.361 e. The molecule has 0 saturated heterocycles. The number of benzene rings is 1. The minimum atomic E-state index is 0.426. The van der Waals surface area contributed by atoms with Crippen LogP contribution in [-0.2, 0) is 13.0 Å². The van der Waals surface area contributed by atoms with Gasteiger partial charge in [0.25, 0.3) is 0 Å². The van der Waals surface area contributed by atoms with Gasteiger partial charge in [-0.05, 0) is 55.0 Å². The van der Waals surface area contributed by atoms with Crippen LogP contribution in [0.15, 0.2) is 48.8 Å². The summed E-state index contributed by atoms with van der Waals surface area (Å²) in [5, 5.41) is 1.29. The number of para-hydroxylation sites is 1. The number of aromatic nitrogens is 2. The molecular formula is C19H21N3. The van der Waals surface area contributed by atoms with E-state index in [0.29, 0.717) is 6.04 Å². The first-order valence-electron chi connectivity index (χ1n) is 8.02. The summed E-state index contributed by atoms with van der Waals surface area (Å²) in [7, 11) is 2.22. The molecule has 0 radical (unpaired) electrons. The number of H-pyrrole nitrogens is 1. The molecule has 1 aliphatic rings. The Kier molecular flexibility index (Phi) is 3.43. The highest BCUT2D eigenvalue weighted by molar-refractivity contribution is 5.82. The van der Waals surface area contributed by atoms with Crippen LogP contribution in [0.4, 0.5) is 0 Å². The Hall–Kier alpha value is -2.13. The number of aromatic amines is 1. The zero-order valence-corrected chi connectivity index (χ0v) is 12.9. The van der Waals surface area contributed by atoms with Crippen LogP contribution in [-0.4, -0.2) is 21.9 Å². The van der Waals surface area contributed by atoms with E-state index in [-0.39, 0.29) is 0 Å². The predicted octanol–water partition coefficient (Wildman–Crippen LogP) is 4.07. The second-order valence-corrected chi connectivity index (χ2v) is 6.23. The van der Waals surface area contributed by atoms with Crippen molar-refractivity contribution in [3.05, 3.63) is 65.6 Å². The number of aryl methyl sites for hydroxylation is 1. The number of nitrogens with zero attached hydrogens (tertiary/aromatic N) is 2. The summed E-state index contributed by atoms with van der Waals surface area (Å²) < 4.78 is 0. The fourth-order valence-electron chi connectivity index (χ4n) is 3.67. The molecular weight excluding hydrogens is 270 g/mol. The molecule has 0 bridgehead atoms. The third-order valence-electron chi connectivity index (χ3n) is 4.79. The second-order valence-electron chi connectivity index (χ2n) is 6.23. The fourth-order valence-corrected chi connectivity index (χ4v) is 3.67. The molecule has 0 aliphatic heterocycles. The van der Waals surface area contributed by atoms with Gasteiger partial charge < -0.3 is 4.98 Å². The summed E-state index contributed by atoms with van der Waals surface area (Å²) >= 11 is 0. The molecule has 3 heteroatoms. The van der Waals surface area contributed by atoms with Gasteiger partial charge in [0.05, 0.1) is 11.7 Å². The SMILES string of the molecule is CN(Cc1cccc2cc[nH]c12)C1CCCc2cccnc21. The van der Waals surface area contributed by atoms with E-state index in [1.807, 2.05) is 12.4 Å². The molecule has 2 aromatic heterocycles. The molecule has 1 unspecified atom stereocenters. The van der Waals surface area contributed by atoms with Gasteiger partial charge in [-0.1, -0.05) is 24.3 Å². The van der Waals surface area contributed by atoms with Crippen LogP contribution >= 0.6 is 0 Å². The predicted molar refractivity (Wildman–Crippen MR) is 89.7 cm³/mol. The summed E-state index contributed by atoms with van der Waals surface area (Å²) in [4.78, 5) is 10.5. The average molecular weight is 291 g/mol. The van der Waals surface area contributed by atoms with E-state index in [4.69, 9.17) is 0 Å². The van der Waals surface area contributed by atoms with Gasteiger partial charge >= 0.3 is 0 Å². The highest BCUT2D eigenvalue weighted by Gasteiger charge is 2.25. The number of pyridine rings is 1. The van der Waals surface area contributed by atoms with E-state index >= 15 is 0 Å². The molecule has 0 saturated carbocycles. The second kappa shape index (κ2) is 5.58. The summed E-state index contributed by atoms with van der Waals surface area (Å²) in [6.07, 6.45) is 7.56. The topological polar surface area (TPSA) is 31.9 Å². The lowest BCUT2D eigenvalue weighted by molar-refractivity contribution is 0.209. The standard InChI is InChI=1S/C19H21N3/c1-22(13-16-7-2-5-15-10-12-21-18(15)16)17-9-3-6-14-8-4-11-20-19(14)17/h2,4-5,7-8,10-12,17,21H,3,6,9,13H2,1H3. The summed E-state index contributed by atoms with van der Waals surface area (Å²) in [5.74, 6) is 0. The van der Waals surface area contributed by atoms with Crippen LogP contribution < -0.4 is 0 Å². The lowest BCUT2D eigenvalue weighted by atomic mass is 9.91. The molecule has 0 amide bonds. The Bertz CT molecular complexity index is 790. The zero-order valence-electron chi connectivity index (χ0n) is 12.9. The normalized spacial score (nSPS) is 17.8. The molecule has 3 nitrogen and oxygen atoms in total. The number of nitrogens with one attached hydrogen (secondary N) is 1. The Labute approximate surface area is 131 Å². The van der Waals surface area contributed by atoms with Gasteiger partial charge in [-0.25, -0.2) is 0 Å².